The van der Waals surface area contributed by atoms with Crippen LogP contribution in [-0.2, 0) is 4.79 Å². The number of aromatic nitrogens is 1. The van der Waals surface area contributed by atoms with Crippen molar-refractivity contribution in [2.75, 3.05) is 0 Å². The average molecular weight is 325 g/mol. The third-order valence-electron chi connectivity index (χ3n) is 3.84. The SMILES string of the molecule is Cc1cc(/C=C2/NC(=O)NC2=O)c(C)n1-c1cccc(C(=O)O)c1. The molecule has 2 heterocycles. The summed E-state index contributed by atoms with van der Waals surface area (Å²) >= 11 is 0. The second-order valence-electron chi connectivity index (χ2n) is 5.48. The number of rotatable bonds is 3. The lowest BCUT2D eigenvalue weighted by Crippen LogP contribution is -2.22. The third-order valence-corrected chi connectivity index (χ3v) is 3.84. The first kappa shape index (κ1) is 15.5. The quantitative estimate of drug-likeness (QED) is 0.593. The molecule has 0 aliphatic carbocycles. The Morgan fingerprint density at radius 1 is 1.17 bits per heavy atom. The maximum atomic E-state index is 11.6. The van der Waals surface area contributed by atoms with Gasteiger partial charge in [-0.15, -0.1) is 0 Å². The molecule has 0 bridgehead atoms. The van der Waals surface area contributed by atoms with E-state index in [4.69, 9.17) is 5.11 Å². The second kappa shape index (κ2) is 5.69. The summed E-state index contributed by atoms with van der Waals surface area (Å²) in [4.78, 5) is 34.0. The number of carboxylic acids is 1. The molecular weight excluding hydrogens is 310 g/mol. The number of aryl methyl sites for hydroxylation is 1. The Morgan fingerprint density at radius 2 is 1.92 bits per heavy atom. The Hall–Kier alpha value is -3.35. The standard InChI is InChI=1S/C17H15N3O4/c1-9-6-12(8-14-15(21)19-17(24)18-14)10(2)20(9)13-5-3-4-11(7-13)16(22)23/h3-8H,1-2H3,(H,22,23)(H2,18,19,21,24)/b14-8+. The van der Waals surface area contributed by atoms with Crippen LogP contribution in [0, 0.1) is 13.8 Å². The van der Waals surface area contributed by atoms with E-state index in [0.717, 1.165) is 22.6 Å². The Labute approximate surface area is 137 Å². The van der Waals surface area contributed by atoms with Crippen molar-refractivity contribution in [1.29, 1.82) is 0 Å². The molecule has 1 aromatic carbocycles. The van der Waals surface area contributed by atoms with Gasteiger partial charge in [0.25, 0.3) is 5.91 Å². The van der Waals surface area contributed by atoms with Gasteiger partial charge < -0.3 is 15.0 Å². The largest absolute Gasteiger partial charge is 0.478 e. The fourth-order valence-electron chi connectivity index (χ4n) is 2.75. The average Bonchev–Trinajstić information content (AvgIpc) is 2.98. The molecule has 0 spiro atoms. The summed E-state index contributed by atoms with van der Waals surface area (Å²) in [5, 5.41) is 13.7. The van der Waals surface area contributed by atoms with Gasteiger partial charge in [0, 0.05) is 17.1 Å². The minimum absolute atomic E-state index is 0.180. The van der Waals surface area contributed by atoms with Gasteiger partial charge in [-0.2, -0.15) is 0 Å². The van der Waals surface area contributed by atoms with E-state index >= 15 is 0 Å². The van der Waals surface area contributed by atoms with Crippen LogP contribution in [0.15, 0.2) is 36.0 Å². The molecule has 1 aromatic heterocycles. The summed E-state index contributed by atoms with van der Waals surface area (Å²) in [5.74, 6) is -1.47. The molecule has 2 aromatic rings. The van der Waals surface area contributed by atoms with E-state index in [-0.39, 0.29) is 11.3 Å². The molecule has 3 rings (SSSR count). The number of nitrogens with one attached hydrogen (secondary N) is 2. The highest BCUT2D eigenvalue weighted by Crippen LogP contribution is 2.23. The number of hydrogen-bond acceptors (Lipinski definition) is 3. The van der Waals surface area contributed by atoms with Crippen LogP contribution in [0.5, 0.6) is 0 Å². The van der Waals surface area contributed by atoms with Gasteiger partial charge in [-0.1, -0.05) is 6.07 Å². The molecule has 1 aliphatic rings. The molecule has 0 radical (unpaired) electrons. The highest BCUT2D eigenvalue weighted by atomic mass is 16.4. The van der Waals surface area contributed by atoms with Crippen LogP contribution in [0.1, 0.15) is 27.3 Å². The zero-order valence-electron chi connectivity index (χ0n) is 13.1. The van der Waals surface area contributed by atoms with Crippen LogP contribution in [0.3, 0.4) is 0 Å². The first-order valence-electron chi connectivity index (χ1n) is 7.23. The molecule has 7 heteroatoms. The minimum Gasteiger partial charge on any atom is -0.478 e. The van der Waals surface area contributed by atoms with E-state index in [1.54, 1.807) is 18.2 Å². The molecule has 3 amide bonds. The van der Waals surface area contributed by atoms with Crippen molar-refractivity contribution in [3.63, 3.8) is 0 Å². The van der Waals surface area contributed by atoms with Gasteiger partial charge >= 0.3 is 12.0 Å². The highest BCUT2D eigenvalue weighted by Gasteiger charge is 2.23. The monoisotopic (exact) mass is 325 g/mol. The molecule has 0 unspecified atom stereocenters. The smallest absolute Gasteiger partial charge is 0.335 e. The van der Waals surface area contributed by atoms with Gasteiger partial charge in [0.1, 0.15) is 5.70 Å². The lowest BCUT2D eigenvalue weighted by atomic mass is 10.2. The predicted octanol–water partition coefficient (Wildman–Crippen LogP) is 1.97. The van der Waals surface area contributed by atoms with Gasteiger partial charge in [-0.3, -0.25) is 10.1 Å². The van der Waals surface area contributed by atoms with Crippen LogP contribution in [0.4, 0.5) is 4.79 Å². The lowest BCUT2D eigenvalue weighted by molar-refractivity contribution is -0.115. The van der Waals surface area contributed by atoms with Crippen LogP contribution >= 0.6 is 0 Å². The number of carbonyl (C=O) groups is 3. The first-order valence-corrected chi connectivity index (χ1v) is 7.23. The molecule has 3 N–H and O–H groups in total. The van der Waals surface area contributed by atoms with E-state index in [9.17, 15) is 14.4 Å². The van der Waals surface area contributed by atoms with Crippen molar-refractivity contribution in [3.8, 4) is 5.69 Å². The van der Waals surface area contributed by atoms with Crippen LogP contribution in [0.2, 0.25) is 0 Å². The minimum atomic E-state index is -0.994. The zero-order chi connectivity index (χ0) is 17.4. The van der Waals surface area contributed by atoms with E-state index in [0.29, 0.717) is 0 Å². The number of carboxylic acid groups (broad SMARTS) is 1. The maximum absolute atomic E-state index is 11.6. The van der Waals surface area contributed by atoms with Crippen LogP contribution in [-0.4, -0.2) is 27.6 Å². The third kappa shape index (κ3) is 2.67. The molecule has 0 atom stereocenters. The van der Waals surface area contributed by atoms with Gasteiger partial charge in [0.15, 0.2) is 0 Å². The topological polar surface area (TPSA) is 100 Å². The van der Waals surface area contributed by atoms with Crippen molar-refractivity contribution in [1.82, 2.24) is 15.2 Å². The number of hydrogen-bond donors (Lipinski definition) is 3. The first-order chi connectivity index (χ1) is 11.4. The predicted molar refractivity (Wildman–Crippen MR) is 86.9 cm³/mol. The van der Waals surface area contributed by atoms with E-state index < -0.39 is 17.9 Å². The summed E-state index contributed by atoms with van der Waals surface area (Å²) < 4.78 is 1.90. The zero-order valence-corrected chi connectivity index (χ0v) is 13.1. The lowest BCUT2D eigenvalue weighted by Gasteiger charge is -2.10. The molecule has 0 saturated carbocycles. The van der Waals surface area contributed by atoms with Gasteiger partial charge in [-0.25, -0.2) is 9.59 Å². The van der Waals surface area contributed by atoms with Gasteiger partial charge in [0.2, 0.25) is 0 Å². The number of nitrogens with zero attached hydrogens (tertiary/aromatic N) is 1. The van der Waals surface area contributed by atoms with Gasteiger partial charge in [0.05, 0.1) is 5.56 Å². The Kier molecular flexibility index (Phi) is 3.69. The highest BCUT2D eigenvalue weighted by molar-refractivity contribution is 6.14. The van der Waals surface area contributed by atoms with Gasteiger partial charge in [-0.05, 0) is 49.8 Å². The number of benzene rings is 1. The second-order valence-corrected chi connectivity index (χ2v) is 5.48. The summed E-state index contributed by atoms with van der Waals surface area (Å²) in [7, 11) is 0. The van der Waals surface area contributed by atoms with Crippen LogP contribution < -0.4 is 10.6 Å². The number of carbonyl (C=O) groups excluding carboxylic acids is 2. The maximum Gasteiger partial charge on any atom is 0.335 e. The Balaban J connectivity index is 2.06. The summed E-state index contributed by atoms with van der Waals surface area (Å²) in [6.07, 6.45) is 1.60. The number of amides is 3. The molecule has 1 fully saturated rings. The normalized spacial score (nSPS) is 15.5. The summed E-state index contributed by atoms with van der Waals surface area (Å²) in [6.45, 7) is 3.75. The van der Waals surface area contributed by atoms with Crippen molar-refractivity contribution >= 4 is 24.0 Å². The fourth-order valence-corrected chi connectivity index (χ4v) is 2.75. The Morgan fingerprint density at radius 3 is 2.54 bits per heavy atom. The van der Waals surface area contributed by atoms with Crippen molar-refractivity contribution < 1.29 is 19.5 Å². The number of imide groups is 1. The van der Waals surface area contributed by atoms with E-state index in [1.807, 2.05) is 30.5 Å². The molecule has 1 saturated heterocycles. The molecule has 1 aliphatic heterocycles. The number of aromatic carboxylic acids is 1. The van der Waals surface area contributed by atoms with E-state index in [1.165, 1.54) is 6.07 Å². The fraction of sp³-hybridized carbons (Fsp3) is 0.118. The number of urea groups is 1. The molecular formula is C17H15N3O4. The summed E-state index contributed by atoms with van der Waals surface area (Å²) in [6, 6.07) is 7.93. The Bertz CT molecular complexity index is 909. The molecule has 122 valence electrons. The van der Waals surface area contributed by atoms with Crippen molar-refractivity contribution in [2.24, 2.45) is 0 Å². The molecule has 7 nitrogen and oxygen atoms in total. The molecule has 24 heavy (non-hydrogen) atoms. The van der Waals surface area contributed by atoms with Crippen molar-refractivity contribution in [2.45, 2.75) is 13.8 Å². The summed E-state index contributed by atoms with van der Waals surface area (Å²) in [5.41, 5.74) is 3.57. The van der Waals surface area contributed by atoms with Crippen LogP contribution in [0.25, 0.3) is 11.8 Å². The van der Waals surface area contributed by atoms with E-state index in [2.05, 4.69) is 10.6 Å². The van der Waals surface area contributed by atoms with Crippen molar-refractivity contribution in [3.05, 3.63) is 58.5 Å².